The molecule has 4 N–H and O–H groups in total. The van der Waals surface area contributed by atoms with E-state index in [9.17, 15) is 14.7 Å². The number of fused-ring (bicyclic) bond motifs is 1. The lowest BCUT2D eigenvalue weighted by Gasteiger charge is -2.32. The predicted molar refractivity (Wildman–Crippen MR) is 127 cm³/mol. The summed E-state index contributed by atoms with van der Waals surface area (Å²) in [6.45, 7) is 0.804. The first-order valence-electron chi connectivity index (χ1n) is 11.2. The molecule has 5 rings (SSSR count). The zero-order chi connectivity index (χ0) is 24.4. The molecule has 0 aliphatic carbocycles. The van der Waals surface area contributed by atoms with Crippen LogP contribution in [0.3, 0.4) is 0 Å². The summed E-state index contributed by atoms with van der Waals surface area (Å²) >= 11 is 0. The van der Waals surface area contributed by atoms with Crippen LogP contribution in [0, 0.1) is 11.8 Å². The lowest BCUT2D eigenvalue weighted by molar-refractivity contribution is -0.120. The van der Waals surface area contributed by atoms with E-state index in [0.717, 1.165) is 5.56 Å². The minimum Gasteiger partial charge on any atom is -0.489 e. The van der Waals surface area contributed by atoms with Gasteiger partial charge < -0.3 is 25.4 Å². The number of rotatable bonds is 4. The highest BCUT2D eigenvalue weighted by Gasteiger charge is 2.33. The third-order valence-corrected chi connectivity index (χ3v) is 5.88. The predicted octanol–water partition coefficient (Wildman–Crippen LogP) is 0.235. The van der Waals surface area contributed by atoms with Gasteiger partial charge in [0.15, 0.2) is 0 Å². The molecule has 1 saturated heterocycles. The third-order valence-electron chi connectivity index (χ3n) is 5.88. The van der Waals surface area contributed by atoms with Gasteiger partial charge >= 0.3 is 0 Å². The van der Waals surface area contributed by atoms with E-state index in [1.54, 1.807) is 25.2 Å². The van der Waals surface area contributed by atoms with Crippen molar-refractivity contribution in [3.63, 3.8) is 0 Å². The minimum atomic E-state index is -1.03. The molecule has 2 aliphatic heterocycles. The van der Waals surface area contributed by atoms with E-state index in [1.807, 2.05) is 30.3 Å². The topological polar surface area (TPSA) is 132 Å². The average Bonchev–Trinajstić information content (AvgIpc) is 3.28. The van der Waals surface area contributed by atoms with Gasteiger partial charge in [0.1, 0.15) is 29.8 Å². The van der Waals surface area contributed by atoms with E-state index < -0.39 is 17.6 Å². The SMILES string of the molecule is CN1C(=O)[C@H](NC(=O)c2n[nH]c(Cc3ccccc3)n2)COc2ccc(C#CC3(O)CNC3)cc21. The molecule has 2 amide bonds. The van der Waals surface area contributed by atoms with Crippen LogP contribution >= 0.6 is 0 Å². The van der Waals surface area contributed by atoms with Crippen molar-refractivity contribution in [1.82, 2.24) is 25.8 Å². The Bertz CT molecular complexity index is 1320. The van der Waals surface area contributed by atoms with Crippen LogP contribution in [0.4, 0.5) is 5.69 Å². The fourth-order valence-corrected chi connectivity index (χ4v) is 3.81. The first-order valence-corrected chi connectivity index (χ1v) is 11.2. The van der Waals surface area contributed by atoms with Gasteiger partial charge in [0.05, 0.1) is 5.69 Å². The normalized spacial score (nSPS) is 18.3. The van der Waals surface area contributed by atoms with Gasteiger partial charge in [-0.25, -0.2) is 4.98 Å². The lowest BCUT2D eigenvalue weighted by Crippen LogP contribution is -2.58. The number of benzene rings is 2. The van der Waals surface area contributed by atoms with E-state index in [2.05, 4.69) is 37.7 Å². The third kappa shape index (κ3) is 4.87. The minimum absolute atomic E-state index is 0.0420. The lowest BCUT2D eigenvalue weighted by atomic mass is 9.98. The number of aromatic nitrogens is 3. The van der Waals surface area contributed by atoms with Crippen molar-refractivity contribution in [2.45, 2.75) is 18.1 Å². The van der Waals surface area contributed by atoms with Gasteiger partial charge in [0.2, 0.25) is 5.82 Å². The zero-order valence-electron chi connectivity index (χ0n) is 19.0. The van der Waals surface area contributed by atoms with E-state index in [0.29, 0.717) is 42.3 Å². The fraction of sp³-hybridized carbons (Fsp3) is 0.280. The molecule has 2 aromatic carbocycles. The number of H-pyrrole nitrogens is 1. The molecule has 178 valence electrons. The summed E-state index contributed by atoms with van der Waals surface area (Å²) in [6, 6.07) is 14.0. The number of nitrogens with one attached hydrogen (secondary N) is 3. The second kappa shape index (κ2) is 9.21. The van der Waals surface area contributed by atoms with E-state index in [4.69, 9.17) is 4.74 Å². The molecule has 0 spiro atoms. The van der Waals surface area contributed by atoms with Crippen molar-refractivity contribution in [2.75, 3.05) is 31.6 Å². The molecule has 0 radical (unpaired) electrons. The maximum Gasteiger partial charge on any atom is 0.291 e. The molecule has 0 saturated carbocycles. The fourth-order valence-electron chi connectivity index (χ4n) is 3.81. The van der Waals surface area contributed by atoms with Crippen LogP contribution in [0.25, 0.3) is 0 Å². The van der Waals surface area contributed by atoms with Crippen LogP contribution < -0.4 is 20.3 Å². The van der Waals surface area contributed by atoms with Gasteiger partial charge in [0, 0.05) is 32.1 Å². The van der Waals surface area contributed by atoms with Gasteiger partial charge in [0.25, 0.3) is 11.8 Å². The Hall–Kier alpha value is -4.20. The second-order valence-corrected chi connectivity index (χ2v) is 8.57. The number of aromatic amines is 1. The van der Waals surface area contributed by atoms with Crippen molar-refractivity contribution >= 4 is 17.5 Å². The van der Waals surface area contributed by atoms with Crippen LogP contribution in [0.5, 0.6) is 5.75 Å². The summed E-state index contributed by atoms with van der Waals surface area (Å²) in [5, 5.41) is 22.6. The number of carbonyl (C=O) groups is 2. The molecule has 1 atom stereocenters. The van der Waals surface area contributed by atoms with Crippen LogP contribution in [0.1, 0.15) is 27.6 Å². The number of hydrogen-bond donors (Lipinski definition) is 4. The van der Waals surface area contributed by atoms with Gasteiger partial charge in [-0.15, -0.1) is 5.10 Å². The van der Waals surface area contributed by atoms with Crippen molar-refractivity contribution in [2.24, 2.45) is 0 Å². The molecule has 2 aliphatic rings. The van der Waals surface area contributed by atoms with Crippen LogP contribution in [-0.2, 0) is 11.2 Å². The quantitative estimate of drug-likeness (QED) is 0.400. The number of aliphatic hydroxyl groups is 1. The summed E-state index contributed by atoms with van der Waals surface area (Å²) in [5.41, 5.74) is 1.17. The van der Waals surface area contributed by atoms with Gasteiger partial charge in [-0.3, -0.25) is 14.7 Å². The molecule has 10 heteroatoms. The van der Waals surface area contributed by atoms with E-state index in [-0.39, 0.29) is 18.3 Å². The summed E-state index contributed by atoms with van der Waals surface area (Å²) < 4.78 is 5.82. The number of β-amino-alcohol motifs (C(OH)–C–C–N with tert-alkyl or cyclic N) is 1. The van der Waals surface area contributed by atoms with Gasteiger partial charge in [-0.2, -0.15) is 0 Å². The first-order chi connectivity index (χ1) is 16.9. The Morgan fingerprint density at radius 1 is 1.29 bits per heavy atom. The molecule has 3 aromatic rings. The molecular weight excluding hydrogens is 448 g/mol. The molecule has 1 aromatic heterocycles. The molecule has 35 heavy (non-hydrogen) atoms. The summed E-state index contributed by atoms with van der Waals surface area (Å²) in [4.78, 5) is 31.5. The maximum absolute atomic E-state index is 13.1. The number of amides is 2. The Balaban J connectivity index is 1.27. The number of likely N-dealkylation sites (N-methyl/N-ethyl adjacent to an activating group) is 1. The maximum atomic E-state index is 13.1. The Labute approximate surface area is 201 Å². The highest BCUT2D eigenvalue weighted by molar-refractivity contribution is 6.02. The molecule has 1 fully saturated rings. The Kier molecular flexibility index (Phi) is 5.94. The number of hydrogen-bond acceptors (Lipinski definition) is 7. The zero-order valence-corrected chi connectivity index (χ0v) is 19.0. The van der Waals surface area contributed by atoms with E-state index >= 15 is 0 Å². The van der Waals surface area contributed by atoms with Crippen molar-refractivity contribution < 1.29 is 19.4 Å². The Morgan fingerprint density at radius 2 is 2.09 bits per heavy atom. The van der Waals surface area contributed by atoms with Gasteiger partial charge in [-0.1, -0.05) is 42.2 Å². The summed E-state index contributed by atoms with van der Waals surface area (Å²) in [5.74, 6) is 5.89. The van der Waals surface area contributed by atoms with Crippen LogP contribution in [-0.4, -0.2) is 70.5 Å². The highest BCUT2D eigenvalue weighted by Crippen LogP contribution is 2.31. The molecular formula is C25H24N6O4. The van der Waals surface area contributed by atoms with Crippen LogP contribution in [0.15, 0.2) is 48.5 Å². The number of ether oxygens (including phenoxy) is 1. The molecule has 0 unspecified atom stereocenters. The van der Waals surface area contributed by atoms with E-state index in [1.165, 1.54) is 4.90 Å². The smallest absolute Gasteiger partial charge is 0.291 e. The molecule has 3 heterocycles. The summed E-state index contributed by atoms with van der Waals surface area (Å²) in [6.07, 6.45) is 0.504. The van der Waals surface area contributed by atoms with Crippen molar-refractivity contribution in [1.29, 1.82) is 0 Å². The second-order valence-electron chi connectivity index (χ2n) is 8.57. The number of carbonyl (C=O) groups excluding carboxylic acids is 2. The Morgan fingerprint density at radius 3 is 2.83 bits per heavy atom. The summed E-state index contributed by atoms with van der Waals surface area (Å²) in [7, 11) is 1.61. The number of anilines is 1. The van der Waals surface area contributed by atoms with Crippen molar-refractivity contribution in [3.05, 3.63) is 71.3 Å². The highest BCUT2D eigenvalue weighted by atomic mass is 16.5. The first kappa shape index (κ1) is 22.6. The standard InChI is InChI=1S/C25H24N6O4/c1-31-19-11-17(9-10-25(34)14-26-15-25)7-8-20(19)35-13-18(24(31)33)27-23(32)22-28-21(29-30-22)12-16-5-3-2-4-6-16/h2-8,11,18,26,34H,12-15H2,1H3,(H,27,32)(H,28,29,30)/t18-/m1/s1. The molecule has 0 bridgehead atoms. The monoisotopic (exact) mass is 472 g/mol. The largest absolute Gasteiger partial charge is 0.489 e. The van der Waals surface area contributed by atoms with Gasteiger partial charge in [-0.05, 0) is 23.8 Å². The molecule has 10 nitrogen and oxygen atoms in total. The average molecular weight is 473 g/mol. The van der Waals surface area contributed by atoms with Crippen molar-refractivity contribution in [3.8, 4) is 17.6 Å². The van der Waals surface area contributed by atoms with Crippen LogP contribution in [0.2, 0.25) is 0 Å². The number of nitrogens with zero attached hydrogens (tertiary/aromatic N) is 3.